The molecule has 2 saturated heterocycles. The third-order valence-electron chi connectivity index (χ3n) is 4.85. The molecular formula is C20H26N2O. The topological polar surface area (TPSA) is 23.6 Å². The van der Waals surface area contributed by atoms with Crippen LogP contribution < -0.4 is 0 Å². The van der Waals surface area contributed by atoms with Gasteiger partial charge in [0.2, 0.25) is 5.91 Å². The van der Waals surface area contributed by atoms with E-state index in [9.17, 15) is 4.79 Å². The summed E-state index contributed by atoms with van der Waals surface area (Å²) in [5.74, 6) is 0.332. The van der Waals surface area contributed by atoms with Gasteiger partial charge in [0.25, 0.3) is 0 Å². The summed E-state index contributed by atoms with van der Waals surface area (Å²) in [7, 11) is 0. The molecule has 2 fully saturated rings. The van der Waals surface area contributed by atoms with Crippen molar-refractivity contribution in [3.63, 3.8) is 0 Å². The highest BCUT2D eigenvalue weighted by Gasteiger charge is 2.41. The number of nitrogens with zero attached hydrogens (tertiary/aromatic N) is 2. The van der Waals surface area contributed by atoms with Crippen molar-refractivity contribution in [2.75, 3.05) is 19.6 Å². The zero-order valence-electron chi connectivity index (χ0n) is 13.9. The zero-order chi connectivity index (χ0) is 16.1. The van der Waals surface area contributed by atoms with Crippen molar-refractivity contribution < 1.29 is 4.79 Å². The average molecular weight is 310 g/mol. The SMILES string of the molecule is CCC(=O)N1C2CCC1CN(C/C=C/C=C/c1ccccc1)C2. The minimum atomic E-state index is 0.332. The van der Waals surface area contributed by atoms with Crippen LogP contribution in [0.4, 0.5) is 0 Å². The van der Waals surface area contributed by atoms with Crippen molar-refractivity contribution in [2.24, 2.45) is 0 Å². The Morgan fingerprint density at radius 1 is 1.13 bits per heavy atom. The van der Waals surface area contributed by atoms with Gasteiger partial charge in [-0.2, -0.15) is 0 Å². The maximum Gasteiger partial charge on any atom is 0.222 e. The molecule has 2 aliphatic heterocycles. The Morgan fingerprint density at radius 3 is 2.48 bits per heavy atom. The van der Waals surface area contributed by atoms with E-state index < -0.39 is 0 Å². The van der Waals surface area contributed by atoms with E-state index in [2.05, 4.69) is 58.4 Å². The zero-order valence-corrected chi connectivity index (χ0v) is 13.9. The Kier molecular flexibility index (Phi) is 5.29. The fourth-order valence-electron chi connectivity index (χ4n) is 3.75. The van der Waals surface area contributed by atoms with Gasteiger partial charge in [-0.1, -0.05) is 61.6 Å². The standard InChI is InChI=1S/C20H26N2O/c1-2-20(23)22-18-12-13-19(22)16-21(15-18)14-8-4-7-11-17-9-5-3-6-10-17/h3-11,18-19H,2,12-16H2,1H3/b8-4+,11-7+. The number of rotatable bonds is 5. The second-order valence-electron chi connectivity index (χ2n) is 6.46. The lowest BCUT2D eigenvalue weighted by atomic mass is 10.1. The fourth-order valence-corrected chi connectivity index (χ4v) is 3.75. The van der Waals surface area contributed by atoms with E-state index in [0.717, 1.165) is 19.6 Å². The highest BCUT2D eigenvalue weighted by molar-refractivity contribution is 5.77. The first-order valence-corrected chi connectivity index (χ1v) is 8.69. The number of carbonyl (C=O) groups is 1. The monoisotopic (exact) mass is 310 g/mol. The van der Waals surface area contributed by atoms with Crippen molar-refractivity contribution in [1.29, 1.82) is 0 Å². The van der Waals surface area contributed by atoms with Crippen LogP contribution in [0.2, 0.25) is 0 Å². The van der Waals surface area contributed by atoms with Gasteiger partial charge in [-0.15, -0.1) is 0 Å². The Hall–Kier alpha value is -1.87. The normalized spacial score (nSPS) is 24.8. The summed E-state index contributed by atoms with van der Waals surface area (Å²) in [5, 5.41) is 0. The highest BCUT2D eigenvalue weighted by atomic mass is 16.2. The molecule has 23 heavy (non-hydrogen) atoms. The van der Waals surface area contributed by atoms with E-state index in [1.165, 1.54) is 18.4 Å². The van der Waals surface area contributed by atoms with Gasteiger partial charge in [0.1, 0.15) is 0 Å². The molecule has 2 aliphatic rings. The van der Waals surface area contributed by atoms with Gasteiger partial charge in [0.05, 0.1) is 0 Å². The van der Waals surface area contributed by atoms with Gasteiger partial charge in [-0.25, -0.2) is 0 Å². The number of benzene rings is 1. The van der Waals surface area contributed by atoms with E-state index >= 15 is 0 Å². The lowest BCUT2D eigenvalue weighted by Crippen LogP contribution is -2.55. The third-order valence-corrected chi connectivity index (χ3v) is 4.85. The molecule has 2 bridgehead atoms. The van der Waals surface area contributed by atoms with E-state index in [4.69, 9.17) is 0 Å². The van der Waals surface area contributed by atoms with Crippen molar-refractivity contribution in [2.45, 2.75) is 38.3 Å². The second-order valence-corrected chi connectivity index (χ2v) is 6.46. The maximum atomic E-state index is 12.1. The molecule has 0 aromatic heterocycles. The summed E-state index contributed by atoms with van der Waals surface area (Å²) in [6, 6.07) is 11.2. The number of fused-ring (bicyclic) bond motifs is 2. The molecular weight excluding hydrogens is 284 g/mol. The van der Waals surface area contributed by atoms with E-state index in [0.29, 0.717) is 24.4 Å². The number of amides is 1. The third kappa shape index (κ3) is 3.91. The first-order chi connectivity index (χ1) is 11.3. The van der Waals surface area contributed by atoms with Crippen molar-refractivity contribution in [3.05, 3.63) is 54.1 Å². The molecule has 3 rings (SSSR count). The summed E-state index contributed by atoms with van der Waals surface area (Å²) in [6.07, 6.45) is 11.5. The molecule has 1 aromatic rings. The van der Waals surface area contributed by atoms with Gasteiger partial charge >= 0.3 is 0 Å². The van der Waals surface area contributed by atoms with Crippen molar-refractivity contribution in [3.8, 4) is 0 Å². The minimum absolute atomic E-state index is 0.332. The molecule has 0 aliphatic carbocycles. The van der Waals surface area contributed by atoms with Crippen LogP contribution in [0.5, 0.6) is 0 Å². The Labute approximate surface area is 139 Å². The van der Waals surface area contributed by atoms with Gasteiger partial charge in [-0.05, 0) is 18.4 Å². The summed E-state index contributed by atoms with van der Waals surface area (Å²) in [6.45, 7) is 4.99. The molecule has 2 heterocycles. The first-order valence-electron chi connectivity index (χ1n) is 8.69. The van der Waals surface area contributed by atoms with E-state index in [1.54, 1.807) is 0 Å². The molecule has 0 saturated carbocycles. The molecule has 0 radical (unpaired) electrons. The second kappa shape index (κ2) is 7.60. The summed E-state index contributed by atoms with van der Waals surface area (Å²) in [5.41, 5.74) is 1.22. The number of carbonyl (C=O) groups excluding carboxylic acids is 1. The molecule has 0 spiro atoms. The molecule has 3 nitrogen and oxygen atoms in total. The molecule has 2 unspecified atom stereocenters. The van der Waals surface area contributed by atoms with Crippen LogP contribution >= 0.6 is 0 Å². The molecule has 122 valence electrons. The van der Waals surface area contributed by atoms with E-state index in [-0.39, 0.29) is 0 Å². The lowest BCUT2D eigenvalue weighted by molar-refractivity contribution is -0.136. The molecule has 0 N–H and O–H groups in total. The van der Waals surface area contributed by atoms with Crippen LogP contribution in [0.15, 0.2) is 48.6 Å². The van der Waals surface area contributed by atoms with Crippen LogP contribution in [0.25, 0.3) is 6.08 Å². The smallest absolute Gasteiger partial charge is 0.222 e. The van der Waals surface area contributed by atoms with Crippen molar-refractivity contribution >= 4 is 12.0 Å². The van der Waals surface area contributed by atoms with Crippen LogP contribution in [0.1, 0.15) is 31.7 Å². The predicted octanol–water partition coefficient (Wildman–Crippen LogP) is 3.34. The maximum absolute atomic E-state index is 12.1. The van der Waals surface area contributed by atoms with Gasteiger partial charge in [0.15, 0.2) is 0 Å². The largest absolute Gasteiger partial charge is 0.334 e. The number of hydrogen-bond acceptors (Lipinski definition) is 2. The number of hydrogen-bond donors (Lipinski definition) is 0. The minimum Gasteiger partial charge on any atom is -0.334 e. The van der Waals surface area contributed by atoms with Crippen LogP contribution in [-0.4, -0.2) is 47.4 Å². The first kappa shape index (κ1) is 16.0. The van der Waals surface area contributed by atoms with E-state index in [1.807, 2.05) is 13.0 Å². The number of piperazine rings is 1. The molecule has 1 aromatic carbocycles. The quantitative estimate of drug-likeness (QED) is 0.779. The molecule has 3 heteroatoms. The van der Waals surface area contributed by atoms with Gasteiger partial charge in [0, 0.05) is 38.1 Å². The lowest BCUT2D eigenvalue weighted by Gasteiger charge is -2.40. The van der Waals surface area contributed by atoms with Gasteiger partial charge in [-0.3, -0.25) is 9.69 Å². The van der Waals surface area contributed by atoms with Crippen LogP contribution in [0.3, 0.4) is 0 Å². The van der Waals surface area contributed by atoms with Crippen LogP contribution in [0, 0.1) is 0 Å². The number of likely N-dealkylation sites (tertiary alicyclic amines) is 1. The summed E-state index contributed by atoms with van der Waals surface area (Å²) < 4.78 is 0. The predicted molar refractivity (Wildman–Crippen MR) is 95.0 cm³/mol. The summed E-state index contributed by atoms with van der Waals surface area (Å²) in [4.78, 5) is 16.7. The average Bonchev–Trinajstić information content (AvgIpc) is 2.85. The Balaban J connectivity index is 1.48. The summed E-state index contributed by atoms with van der Waals surface area (Å²) >= 11 is 0. The van der Waals surface area contributed by atoms with Crippen LogP contribution in [-0.2, 0) is 4.79 Å². The van der Waals surface area contributed by atoms with Crippen molar-refractivity contribution in [1.82, 2.24) is 9.80 Å². The fraction of sp³-hybridized carbons (Fsp3) is 0.450. The van der Waals surface area contributed by atoms with Gasteiger partial charge < -0.3 is 4.90 Å². The molecule has 1 amide bonds. The Bertz CT molecular complexity index is 565. The molecule has 2 atom stereocenters. The number of allylic oxidation sites excluding steroid dienone is 2. The Morgan fingerprint density at radius 2 is 1.83 bits per heavy atom. The highest BCUT2D eigenvalue weighted by Crippen LogP contribution is 2.30.